The molecule has 0 bridgehead atoms. The van der Waals surface area contributed by atoms with Gasteiger partial charge in [0, 0.05) is 7.05 Å². The highest BCUT2D eigenvalue weighted by atomic mass is 16.2. The van der Waals surface area contributed by atoms with Crippen molar-refractivity contribution in [2.75, 3.05) is 5.32 Å². The van der Waals surface area contributed by atoms with E-state index in [1.807, 2.05) is 4.98 Å². The Kier molecular flexibility index (Phi) is 2.50. The number of rotatable bonds is 3. The van der Waals surface area contributed by atoms with Gasteiger partial charge in [0.05, 0.1) is 6.54 Å². The monoisotopic (exact) mass is 223 g/mol. The fraction of sp³-hybridized carbons (Fsp3) is 0.286. The van der Waals surface area contributed by atoms with Crippen molar-refractivity contribution >= 4 is 5.82 Å². The molecule has 84 valence electrons. The molecular formula is C7H9N7O2. The molecule has 0 aromatic carbocycles. The molecule has 0 saturated carbocycles. The predicted molar refractivity (Wildman–Crippen MR) is 53.8 cm³/mol. The molecule has 0 aliphatic rings. The average molecular weight is 223 g/mol. The Labute approximate surface area is 88.5 Å². The number of aromatic nitrogens is 6. The largest absolute Gasteiger partial charge is 0.357 e. The second kappa shape index (κ2) is 3.96. The van der Waals surface area contributed by atoms with E-state index in [0.717, 1.165) is 0 Å². The van der Waals surface area contributed by atoms with Crippen LogP contribution in [0, 0.1) is 0 Å². The molecule has 0 aliphatic heterocycles. The SMILES string of the molecule is Cn1cnc(CNc2n[nH]c(=O)[nH]c2=O)n1. The minimum absolute atomic E-state index is 0.0204. The van der Waals surface area contributed by atoms with Gasteiger partial charge >= 0.3 is 5.69 Å². The van der Waals surface area contributed by atoms with E-state index in [4.69, 9.17) is 0 Å². The van der Waals surface area contributed by atoms with Crippen molar-refractivity contribution in [1.29, 1.82) is 0 Å². The van der Waals surface area contributed by atoms with Crippen LogP contribution in [0.1, 0.15) is 5.82 Å². The summed E-state index contributed by atoms with van der Waals surface area (Å²) in [5.41, 5.74) is -1.23. The van der Waals surface area contributed by atoms with Gasteiger partial charge in [0.25, 0.3) is 5.56 Å². The van der Waals surface area contributed by atoms with Crippen LogP contribution in [0.3, 0.4) is 0 Å². The Balaban J connectivity index is 2.10. The van der Waals surface area contributed by atoms with Crippen molar-refractivity contribution in [1.82, 2.24) is 29.9 Å². The topological polar surface area (TPSA) is 121 Å². The standard InChI is InChI=1S/C7H9N7O2/c1-14-3-9-4(13-14)2-8-5-6(15)10-7(16)12-11-5/h3H,2H2,1H3,(H,8,11)(H2,10,12,15,16). The van der Waals surface area contributed by atoms with Crippen LogP contribution in [-0.4, -0.2) is 29.9 Å². The zero-order valence-corrected chi connectivity index (χ0v) is 8.39. The highest BCUT2D eigenvalue weighted by Crippen LogP contribution is 1.93. The fourth-order valence-electron chi connectivity index (χ4n) is 1.10. The highest BCUT2D eigenvalue weighted by molar-refractivity contribution is 5.28. The number of hydrogen-bond acceptors (Lipinski definition) is 6. The maximum absolute atomic E-state index is 11.2. The van der Waals surface area contributed by atoms with Crippen LogP contribution in [0.25, 0.3) is 0 Å². The van der Waals surface area contributed by atoms with Crippen molar-refractivity contribution in [2.45, 2.75) is 6.54 Å². The molecule has 2 aromatic rings. The van der Waals surface area contributed by atoms with Crippen molar-refractivity contribution < 1.29 is 0 Å². The van der Waals surface area contributed by atoms with Crippen LogP contribution in [-0.2, 0) is 13.6 Å². The summed E-state index contributed by atoms with van der Waals surface area (Å²) in [6.07, 6.45) is 1.54. The summed E-state index contributed by atoms with van der Waals surface area (Å²) in [5, 5.41) is 12.4. The quantitative estimate of drug-likeness (QED) is 0.564. The molecule has 0 unspecified atom stereocenters. The van der Waals surface area contributed by atoms with Gasteiger partial charge in [-0.25, -0.2) is 14.9 Å². The number of H-pyrrole nitrogens is 2. The van der Waals surface area contributed by atoms with Crippen LogP contribution in [0.15, 0.2) is 15.9 Å². The van der Waals surface area contributed by atoms with E-state index in [9.17, 15) is 9.59 Å². The van der Waals surface area contributed by atoms with Crippen molar-refractivity contribution in [3.05, 3.63) is 33.0 Å². The van der Waals surface area contributed by atoms with Gasteiger partial charge in [0.1, 0.15) is 6.33 Å². The predicted octanol–water partition coefficient (Wildman–Crippen LogP) is -1.80. The summed E-state index contributed by atoms with van der Waals surface area (Å²) in [4.78, 5) is 27.9. The second-order valence-corrected chi connectivity index (χ2v) is 3.04. The summed E-state index contributed by atoms with van der Waals surface area (Å²) in [6, 6.07) is 0. The number of hydrogen-bond donors (Lipinski definition) is 3. The molecule has 3 N–H and O–H groups in total. The first kappa shape index (κ1) is 10.1. The molecule has 9 heteroatoms. The van der Waals surface area contributed by atoms with E-state index in [1.165, 1.54) is 0 Å². The number of aryl methyl sites for hydroxylation is 1. The van der Waals surface area contributed by atoms with Crippen molar-refractivity contribution in [2.24, 2.45) is 7.05 Å². The van der Waals surface area contributed by atoms with Gasteiger partial charge in [0.15, 0.2) is 5.82 Å². The van der Waals surface area contributed by atoms with Gasteiger partial charge in [-0.2, -0.15) is 5.10 Å². The summed E-state index contributed by atoms with van der Waals surface area (Å²) in [5.74, 6) is 0.543. The second-order valence-electron chi connectivity index (χ2n) is 3.04. The van der Waals surface area contributed by atoms with Gasteiger partial charge in [-0.05, 0) is 0 Å². The summed E-state index contributed by atoms with van der Waals surface area (Å²) < 4.78 is 1.54. The van der Waals surface area contributed by atoms with E-state index in [2.05, 4.69) is 25.6 Å². The maximum Gasteiger partial charge on any atom is 0.342 e. The Hall–Kier alpha value is -2.45. The number of nitrogens with one attached hydrogen (secondary N) is 3. The van der Waals surface area contributed by atoms with E-state index in [-0.39, 0.29) is 12.4 Å². The zero-order valence-electron chi connectivity index (χ0n) is 8.39. The summed E-state index contributed by atoms with van der Waals surface area (Å²) in [7, 11) is 1.74. The lowest BCUT2D eigenvalue weighted by atomic mass is 10.5. The Morgan fingerprint density at radius 1 is 1.50 bits per heavy atom. The molecular weight excluding hydrogens is 214 g/mol. The van der Waals surface area contributed by atoms with Gasteiger partial charge in [-0.1, -0.05) is 0 Å². The van der Waals surface area contributed by atoms with Crippen LogP contribution < -0.4 is 16.6 Å². The lowest BCUT2D eigenvalue weighted by Gasteiger charge is -1.99. The third kappa shape index (κ3) is 2.13. The maximum atomic E-state index is 11.2. The van der Waals surface area contributed by atoms with E-state index in [1.54, 1.807) is 18.1 Å². The van der Waals surface area contributed by atoms with Gasteiger partial charge in [-0.3, -0.25) is 14.5 Å². The van der Waals surface area contributed by atoms with Crippen LogP contribution >= 0.6 is 0 Å². The lowest BCUT2D eigenvalue weighted by molar-refractivity contribution is 0.746. The van der Waals surface area contributed by atoms with Crippen LogP contribution in [0.2, 0.25) is 0 Å². The zero-order chi connectivity index (χ0) is 11.5. The normalized spacial score (nSPS) is 10.3. The molecule has 0 aliphatic carbocycles. The molecule has 0 amide bonds. The van der Waals surface area contributed by atoms with Crippen molar-refractivity contribution in [3.63, 3.8) is 0 Å². The molecule has 16 heavy (non-hydrogen) atoms. The molecule has 2 rings (SSSR count). The average Bonchev–Trinajstić information content (AvgIpc) is 2.63. The third-order valence-electron chi connectivity index (χ3n) is 1.77. The first-order valence-electron chi connectivity index (χ1n) is 4.42. The minimum atomic E-state index is -0.647. The summed E-state index contributed by atoms with van der Waals surface area (Å²) in [6.45, 7) is 0.253. The number of aromatic amines is 2. The molecule has 2 aromatic heterocycles. The molecule has 9 nitrogen and oxygen atoms in total. The minimum Gasteiger partial charge on any atom is -0.357 e. The third-order valence-corrected chi connectivity index (χ3v) is 1.77. The van der Waals surface area contributed by atoms with Gasteiger partial charge in [0.2, 0.25) is 5.82 Å². The Bertz CT molecular complexity index is 595. The molecule has 0 spiro atoms. The van der Waals surface area contributed by atoms with Crippen molar-refractivity contribution in [3.8, 4) is 0 Å². The lowest BCUT2D eigenvalue weighted by Crippen LogP contribution is -2.26. The van der Waals surface area contributed by atoms with Gasteiger partial charge < -0.3 is 5.32 Å². The molecule has 0 radical (unpaired) electrons. The molecule has 0 fully saturated rings. The molecule has 0 atom stereocenters. The highest BCUT2D eigenvalue weighted by Gasteiger charge is 2.03. The number of anilines is 1. The van der Waals surface area contributed by atoms with Crippen LogP contribution in [0.4, 0.5) is 5.82 Å². The Morgan fingerprint density at radius 2 is 2.31 bits per heavy atom. The van der Waals surface area contributed by atoms with E-state index < -0.39 is 11.2 Å². The van der Waals surface area contributed by atoms with E-state index >= 15 is 0 Å². The van der Waals surface area contributed by atoms with Crippen LogP contribution in [0.5, 0.6) is 0 Å². The number of nitrogens with zero attached hydrogens (tertiary/aromatic N) is 4. The first-order chi connectivity index (χ1) is 7.65. The Morgan fingerprint density at radius 3 is 2.94 bits per heavy atom. The molecule has 0 saturated heterocycles. The fourth-order valence-corrected chi connectivity index (χ4v) is 1.10. The smallest absolute Gasteiger partial charge is 0.342 e. The van der Waals surface area contributed by atoms with Gasteiger partial charge in [-0.15, -0.1) is 5.10 Å². The van der Waals surface area contributed by atoms with E-state index in [0.29, 0.717) is 5.82 Å². The molecule has 2 heterocycles. The summed E-state index contributed by atoms with van der Waals surface area (Å²) >= 11 is 0. The first-order valence-corrected chi connectivity index (χ1v) is 4.42.